The number of nitrogens with zero attached hydrogens (tertiary/aromatic N) is 2. The average molecular weight is 600 g/mol. The predicted molar refractivity (Wildman–Crippen MR) is 161 cm³/mol. The zero-order valence-electron chi connectivity index (χ0n) is 24.4. The van der Waals surface area contributed by atoms with Gasteiger partial charge >= 0.3 is 0 Å². The second-order valence-electron chi connectivity index (χ2n) is 9.77. The highest BCUT2D eigenvalue weighted by molar-refractivity contribution is 7.92. The summed E-state index contributed by atoms with van der Waals surface area (Å²) in [6.45, 7) is 1.53. The lowest BCUT2D eigenvalue weighted by molar-refractivity contribution is -0.140. The summed E-state index contributed by atoms with van der Waals surface area (Å²) in [5.74, 6) is -0.968. The number of unbranched alkanes of at least 4 members (excludes halogenated alkanes) is 1. The van der Waals surface area contributed by atoms with E-state index in [9.17, 15) is 22.4 Å². The molecule has 0 spiro atoms. The van der Waals surface area contributed by atoms with Crippen LogP contribution in [-0.2, 0) is 32.6 Å². The number of carbonyl (C=O) groups excluding carboxylic acids is 2. The normalized spacial score (nSPS) is 11.8. The number of anilines is 1. The molecule has 3 rings (SSSR count). The fraction of sp³-hybridized carbons (Fsp3) is 0.355. The van der Waals surface area contributed by atoms with Crippen molar-refractivity contribution in [2.45, 2.75) is 38.8 Å². The van der Waals surface area contributed by atoms with E-state index in [4.69, 9.17) is 9.47 Å². The Balaban J connectivity index is 2.07. The molecular formula is C31H38FN3O6S. The molecule has 11 heteroatoms. The van der Waals surface area contributed by atoms with E-state index in [0.29, 0.717) is 12.3 Å². The van der Waals surface area contributed by atoms with Gasteiger partial charge in [0.15, 0.2) is 11.5 Å². The highest BCUT2D eigenvalue weighted by atomic mass is 32.2. The first-order chi connectivity index (χ1) is 20.1. The Bertz CT molecular complexity index is 1450. The smallest absolute Gasteiger partial charge is 0.244 e. The maximum Gasteiger partial charge on any atom is 0.244 e. The summed E-state index contributed by atoms with van der Waals surface area (Å²) >= 11 is 0. The van der Waals surface area contributed by atoms with Crippen LogP contribution in [0.1, 0.15) is 30.9 Å². The van der Waals surface area contributed by atoms with Crippen LogP contribution in [-0.4, -0.2) is 64.7 Å². The Morgan fingerprint density at radius 2 is 1.62 bits per heavy atom. The molecular weight excluding hydrogens is 561 g/mol. The molecule has 0 aliphatic rings. The van der Waals surface area contributed by atoms with Gasteiger partial charge in [-0.1, -0.05) is 61.9 Å². The number of rotatable bonds is 15. The van der Waals surface area contributed by atoms with Gasteiger partial charge in [-0.2, -0.15) is 0 Å². The van der Waals surface area contributed by atoms with Crippen molar-refractivity contribution in [1.29, 1.82) is 0 Å². The molecule has 226 valence electrons. The Morgan fingerprint density at radius 1 is 0.952 bits per heavy atom. The maximum atomic E-state index is 14.9. The summed E-state index contributed by atoms with van der Waals surface area (Å²) in [4.78, 5) is 28.9. The van der Waals surface area contributed by atoms with E-state index < -0.39 is 40.2 Å². The first-order valence-electron chi connectivity index (χ1n) is 13.6. The van der Waals surface area contributed by atoms with Crippen LogP contribution in [0.5, 0.6) is 11.5 Å². The van der Waals surface area contributed by atoms with Gasteiger partial charge in [-0.05, 0) is 30.2 Å². The number of carbonyl (C=O) groups is 2. The van der Waals surface area contributed by atoms with Gasteiger partial charge < -0.3 is 19.7 Å². The summed E-state index contributed by atoms with van der Waals surface area (Å²) in [7, 11) is -1.11. The molecule has 0 radical (unpaired) electrons. The lowest BCUT2D eigenvalue weighted by Crippen LogP contribution is -2.53. The number of hydrogen-bond acceptors (Lipinski definition) is 6. The van der Waals surface area contributed by atoms with E-state index in [1.165, 1.54) is 55.5 Å². The van der Waals surface area contributed by atoms with Gasteiger partial charge in [-0.15, -0.1) is 0 Å². The minimum atomic E-state index is -3.98. The molecule has 0 fully saturated rings. The highest BCUT2D eigenvalue weighted by Gasteiger charge is 2.33. The van der Waals surface area contributed by atoms with Crippen molar-refractivity contribution in [1.82, 2.24) is 10.2 Å². The average Bonchev–Trinajstić information content (AvgIpc) is 2.98. The zero-order valence-corrected chi connectivity index (χ0v) is 25.2. The zero-order chi connectivity index (χ0) is 30.7. The van der Waals surface area contributed by atoms with Crippen LogP contribution in [0.25, 0.3) is 0 Å². The minimum Gasteiger partial charge on any atom is -0.493 e. The molecule has 0 aliphatic heterocycles. The molecule has 2 amide bonds. The van der Waals surface area contributed by atoms with Crippen molar-refractivity contribution in [3.8, 4) is 11.5 Å². The molecule has 3 aromatic rings. The maximum absolute atomic E-state index is 14.9. The van der Waals surface area contributed by atoms with Gasteiger partial charge in [0, 0.05) is 31.1 Å². The summed E-state index contributed by atoms with van der Waals surface area (Å²) in [6.07, 6.45) is 2.73. The Morgan fingerprint density at radius 3 is 2.24 bits per heavy atom. The monoisotopic (exact) mass is 599 g/mol. The molecule has 0 saturated heterocycles. The van der Waals surface area contributed by atoms with Crippen molar-refractivity contribution in [3.05, 3.63) is 89.7 Å². The number of amides is 2. The number of methoxy groups -OCH3 is 2. The van der Waals surface area contributed by atoms with Gasteiger partial charge in [-0.3, -0.25) is 13.9 Å². The van der Waals surface area contributed by atoms with E-state index in [0.717, 1.165) is 29.0 Å². The quantitative estimate of drug-likeness (QED) is 0.263. The van der Waals surface area contributed by atoms with Gasteiger partial charge in [0.25, 0.3) is 0 Å². The lowest BCUT2D eigenvalue weighted by atomic mass is 10.0. The lowest BCUT2D eigenvalue weighted by Gasteiger charge is -2.33. The van der Waals surface area contributed by atoms with Crippen LogP contribution >= 0.6 is 0 Å². The van der Waals surface area contributed by atoms with Gasteiger partial charge in [-0.25, -0.2) is 12.8 Å². The summed E-state index contributed by atoms with van der Waals surface area (Å²) in [5.41, 5.74) is 1.16. The van der Waals surface area contributed by atoms with Gasteiger partial charge in [0.2, 0.25) is 21.8 Å². The largest absolute Gasteiger partial charge is 0.493 e. The predicted octanol–water partition coefficient (Wildman–Crippen LogP) is 4.17. The molecule has 3 aromatic carbocycles. The second kappa shape index (κ2) is 15.2. The van der Waals surface area contributed by atoms with Crippen molar-refractivity contribution in [2.24, 2.45) is 0 Å². The minimum absolute atomic E-state index is 0.147. The fourth-order valence-corrected chi connectivity index (χ4v) is 5.31. The third-order valence-electron chi connectivity index (χ3n) is 6.73. The van der Waals surface area contributed by atoms with E-state index >= 15 is 0 Å². The molecule has 42 heavy (non-hydrogen) atoms. The molecule has 0 saturated carbocycles. The Labute approximate surface area is 247 Å². The number of halogens is 1. The van der Waals surface area contributed by atoms with Crippen molar-refractivity contribution < 1.29 is 31.9 Å². The summed E-state index contributed by atoms with van der Waals surface area (Å²) < 4.78 is 52.3. The number of ether oxygens (including phenoxy) is 2. The van der Waals surface area contributed by atoms with Crippen LogP contribution < -0.4 is 19.1 Å². The number of sulfonamides is 1. The van der Waals surface area contributed by atoms with Gasteiger partial charge in [0.1, 0.15) is 18.4 Å². The molecule has 1 atom stereocenters. The topological polar surface area (TPSA) is 105 Å². The van der Waals surface area contributed by atoms with E-state index in [-0.39, 0.29) is 30.0 Å². The molecule has 1 N–H and O–H groups in total. The fourth-order valence-electron chi connectivity index (χ4n) is 4.46. The van der Waals surface area contributed by atoms with Crippen molar-refractivity contribution in [2.75, 3.05) is 37.9 Å². The number of nitrogens with one attached hydrogen (secondary N) is 1. The molecule has 0 heterocycles. The molecule has 0 bridgehead atoms. The summed E-state index contributed by atoms with van der Waals surface area (Å²) in [6, 6.07) is 18.6. The van der Waals surface area contributed by atoms with Crippen molar-refractivity contribution >= 4 is 27.5 Å². The Hall–Kier alpha value is -4.12. The van der Waals surface area contributed by atoms with Crippen LogP contribution in [0.4, 0.5) is 10.1 Å². The Kier molecular flexibility index (Phi) is 11.7. The molecule has 0 unspecified atom stereocenters. The third kappa shape index (κ3) is 8.69. The van der Waals surface area contributed by atoms with E-state index in [2.05, 4.69) is 5.32 Å². The van der Waals surface area contributed by atoms with E-state index in [1.54, 1.807) is 6.07 Å². The van der Waals surface area contributed by atoms with Crippen LogP contribution in [0.15, 0.2) is 72.8 Å². The molecule has 0 aromatic heterocycles. The van der Waals surface area contributed by atoms with Crippen molar-refractivity contribution in [3.63, 3.8) is 0 Å². The number of hydrogen-bond donors (Lipinski definition) is 1. The van der Waals surface area contributed by atoms with Crippen LogP contribution in [0.3, 0.4) is 0 Å². The first-order valence-corrected chi connectivity index (χ1v) is 15.5. The summed E-state index contributed by atoms with van der Waals surface area (Å²) in [5, 5.41) is 2.89. The second-order valence-corrected chi connectivity index (χ2v) is 11.7. The molecule has 0 aliphatic carbocycles. The SMILES string of the molecule is CCCCNC(=O)[C@@H](Cc1ccccc1)N(Cc1ccccc1F)C(=O)CN(c1ccc(OC)c(OC)c1)S(C)(=O)=O. The van der Waals surface area contributed by atoms with Gasteiger partial charge in [0.05, 0.1) is 26.2 Å². The van der Waals surface area contributed by atoms with Crippen LogP contribution in [0, 0.1) is 5.82 Å². The van der Waals surface area contributed by atoms with Crippen LogP contribution in [0.2, 0.25) is 0 Å². The standard InChI is InChI=1S/C31H38FN3O6S/c1-5-6-18-33-31(37)27(19-23-12-8-7-9-13-23)34(21-24-14-10-11-15-26(24)32)30(36)22-35(42(4,38)39)25-16-17-28(40-2)29(20-25)41-3/h7-17,20,27H,5-6,18-19,21-22H2,1-4H3,(H,33,37)/t27-/m1/s1. The highest BCUT2D eigenvalue weighted by Crippen LogP contribution is 2.32. The number of benzene rings is 3. The first kappa shape index (κ1) is 32.4. The van der Waals surface area contributed by atoms with E-state index in [1.807, 2.05) is 37.3 Å². The third-order valence-corrected chi connectivity index (χ3v) is 7.87. The molecule has 9 nitrogen and oxygen atoms in total.